The SMILES string of the molecule is C=CCN(C(=O)C1N([C@@H](CO)[C@@H](C)CC)C(=O)[C@@H]2[C@H](C(=O)O)[C@@H]3CCC12S3)c1c(C)cccc1Cl. The van der Waals surface area contributed by atoms with Crippen LogP contribution in [0.25, 0.3) is 0 Å². The monoisotopic (exact) mass is 520 g/mol. The van der Waals surface area contributed by atoms with Crippen LogP contribution in [0.5, 0.6) is 0 Å². The zero-order chi connectivity index (χ0) is 25.7. The number of benzene rings is 1. The molecule has 2 bridgehead atoms. The number of aryl methyl sites for hydroxylation is 1. The van der Waals surface area contributed by atoms with Gasteiger partial charge in [0, 0.05) is 11.8 Å². The Bertz CT molecular complexity index is 1030. The molecule has 1 aromatic rings. The quantitative estimate of drug-likeness (QED) is 0.481. The van der Waals surface area contributed by atoms with E-state index in [9.17, 15) is 24.6 Å². The van der Waals surface area contributed by atoms with Gasteiger partial charge in [-0.05, 0) is 37.3 Å². The zero-order valence-electron chi connectivity index (χ0n) is 20.3. The number of nitrogens with zero attached hydrogens (tertiary/aromatic N) is 2. The van der Waals surface area contributed by atoms with Crippen LogP contribution in [0.15, 0.2) is 30.9 Å². The predicted octanol–water partition coefficient (Wildman–Crippen LogP) is 3.75. The van der Waals surface area contributed by atoms with Gasteiger partial charge >= 0.3 is 5.97 Å². The first-order chi connectivity index (χ1) is 16.6. The fourth-order valence-electron chi connectivity index (χ4n) is 6.36. The summed E-state index contributed by atoms with van der Waals surface area (Å²) in [6.07, 6.45) is 3.54. The van der Waals surface area contributed by atoms with Crippen molar-refractivity contribution in [3.8, 4) is 0 Å². The average molecular weight is 521 g/mol. The zero-order valence-corrected chi connectivity index (χ0v) is 21.9. The highest BCUT2D eigenvalue weighted by Crippen LogP contribution is 2.67. The first kappa shape index (κ1) is 26.0. The number of hydrogen-bond donors (Lipinski definition) is 2. The second-order valence-electron chi connectivity index (χ2n) is 9.92. The Morgan fingerprint density at radius 3 is 2.71 bits per heavy atom. The first-order valence-electron chi connectivity index (χ1n) is 12.2. The van der Waals surface area contributed by atoms with Crippen LogP contribution in [-0.2, 0) is 14.4 Å². The summed E-state index contributed by atoms with van der Waals surface area (Å²) in [7, 11) is 0. The molecule has 0 saturated carbocycles. The molecule has 2 unspecified atom stereocenters. The largest absolute Gasteiger partial charge is 0.481 e. The molecule has 9 heteroatoms. The van der Waals surface area contributed by atoms with Crippen molar-refractivity contribution < 1.29 is 24.6 Å². The van der Waals surface area contributed by atoms with Crippen molar-refractivity contribution in [2.75, 3.05) is 18.1 Å². The molecule has 3 fully saturated rings. The van der Waals surface area contributed by atoms with Gasteiger partial charge < -0.3 is 20.0 Å². The lowest BCUT2D eigenvalue weighted by Crippen LogP contribution is -2.59. The molecule has 3 heterocycles. The fraction of sp³-hybridized carbons (Fsp3) is 0.577. The lowest BCUT2D eigenvalue weighted by atomic mass is 9.71. The van der Waals surface area contributed by atoms with Gasteiger partial charge in [-0.2, -0.15) is 0 Å². The number of rotatable bonds is 9. The number of aliphatic carboxylic acids is 1. The number of aliphatic hydroxyl groups excluding tert-OH is 1. The lowest BCUT2D eigenvalue weighted by Gasteiger charge is -2.41. The molecule has 3 saturated heterocycles. The number of carbonyl (C=O) groups is 3. The molecule has 3 aliphatic heterocycles. The molecule has 2 N–H and O–H groups in total. The number of carbonyl (C=O) groups excluding carboxylic acids is 2. The van der Waals surface area contributed by atoms with Crippen LogP contribution in [-0.4, -0.2) is 68.1 Å². The number of hydrogen-bond acceptors (Lipinski definition) is 5. The second kappa shape index (κ2) is 9.79. The Balaban J connectivity index is 1.88. The van der Waals surface area contributed by atoms with Crippen molar-refractivity contribution in [1.82, 2.24) is 4.90 Å². The minimum absolute atomic E-state index is 0.0742. The third-order valence-corrected chi connectivity index (χ3v) is 10.4. The number of anilines is 1. The van der Waals surface area contributed by atoms with Gasteiger partial charge in [-0.1, -0.05) is 50.1 Å². The summed E-state index contributed by atoms with van der Waals surface area (Å²) in [6.45, 7) is 9.50. The molecule has 3 aliphatic rings. The van der Waals surface area contributed by atoms with Gasteiger partial charge in [-0.15, -0.1) is 18.3 Å². The van der Waals surface area contributed by atoms with E-state index < -0.39 is 34.6 Å². The highest BCUT2D eigenvalue weighted by atomic mass is 35.5. The molecule has 7 nitrogen and oxygen atoms in total. The number of carboxylic acids is 1. The molecule has 4 rings (SSSR count). The summed E-state index contributed by atoms with van der Waals surface area (Å²) >= 11 is 8.04. The van der Waals surface area contributed by atoms with Gasteiger partial charge in [0.1, 0.15) is 6.04 Å². The smallest absolute Gasteiger partial charge is 0.308 e. The maximum Gasteiger partial charge on any atom is 0.308 e. The number of halogens is 1. The number of likely N-dealkylation sites (tertiary alicyclic amines) is 1. The molecule has 1 spiro atoms. The van der Waals surface area contributed by atoms with Crippen molar-refractivity contribution in [3.63, 3.8) is 0 Å². The molecule has 190 valence electrons. The van der Waals surface area contributed by atoms with Gasteiger partial charge in [-0.3, -0.25) is 14.4 Å². The van der Waals surface area contributed by atoms with Crippen LogP contribution in [0.2, 0.25) is 5.02 Å². The molecule has 7 atom stereocenters. The van der Waals surface area contributed by atoms with Gasteiger partial charge in [0.2, 0.25) is 5.91 Å². The van der Waals surface area contributed by atoms with Crippen molar-refractivity contribution in [3.05, 3.63) is 41.4 Å². The van der Waals surface area contributed by atoms with Crippen LogP contribution in [0.1, 0.15) is 38.7 Å². The highest BCUT2D eigenvalue weighted by Gasteiger charge is 2.74. The predicted molar refractivity (Wildman–Crippen MR) is 138 cm³/mol. The van der Waals surface area contributed by atoms with E-state index in [1.807, 2.05) is 32.9 Å². The van der Waals surface area contributed by atoms with Gasteiger partial charge in [-0.25, -0.2) is 0 Å². The summed E-state index contributed by atoms with van der Waals surface area (Å²) in [5.41, 5.74) is 1.37. The Kier molecular flexibility index (Phi) is 7.28. The Morgan fingerprint density at radius 2 is 2.14 bits per heavy atom. The molecular weight excluding hydrogens is 488 g/mol. The van der Waals surface area contributed by atoms with E-state index in [1.54, 1.807) is 17.0 Å². The van der Waals surface area contributed by atoms with Crippen LogP contribution in [0.3, 0.4) is 0 Å². The van der Waals surface area contributed by atoms with E-state index in [2.05, 4.69) is 6.58 Å². The van der Waals surface area contributed by atoms with Crippen molar-refractivity contribution in [1.29, 1.82) is 0 Å². The van der Waals surface area contributed by atoms with E-state index in [-0.39, 0.29) is 36.1 Å². The van der Waals surface area contributed by atoms with Crippen LogP contribution in [0.4, 0.5) is 5.69 Å². The first-order valence-corrected chi connectivity index (χ1v) is 13.4. The minimum Gasteiger partial charge on any atom is -0.481 e. The van der Waals surface area contributed by atoms with E-state index >= 15 is 0 Å². The number of carboxylic acid groups (broad SMARTS) is 1. The Morgan fingerprint density at radius 1 is 1.43 bits per heavy atom. The summed E-state index contributed by atoms with van der Waals surface area (Å²) in [6, 6.07) is 3.91. The minimum atomic E-state index is -0.996. The molecule has 1 aromatic carbocycles. The third kappa shape index (κ3) is 3.89. The number of thioether (sulfide) groups is 1. The van der Waals surface area contributed by atoms with Crippen molar-refractivity contribution in [2.45, 2.75) is 62.1 Å². The van der Waals surface area contributed by atoms with Crippen LogP contribution >= 0.6 is 23.4 Å². The summed E-state index contributed by atoms with van der Waals surface area (Å²) in [5, 5.41) is 20.6. The van der Waals surface area contributed by atoms with Gasteiger partial charge in [0.25, 0.3) is 5.91 Å². The molecular formula is C26H33ClN2O5S. The van der Waals surface area contributed by atoms with E-state index in [0.717, 1.165) is 5.56 Å². The molecule has 0 aliphatic carbocycles. The summed E-state index contributed by atoms with van der Waals surface area (Å²) in [4.78, 5) is 43.9. The molecule has 0 aromatic heterocycles. The third-order valence-electron chi connectivity index (χ3n) is 8.14. The number of aliphatic hydroxyl groups is 1. The lowest BCUT2D eigenvalue weighted by molar-refractivity contribution is -0.149. The number of amides is 2. The maximum absolute atomic E-state index is 14.5. The van der Waals surface area contributed by atoms with Crippen LogP contribution in [0, 0.1) is 24.7 Å². The molecule has 35 heavy (non-hydrogen) atoms. The van der Waals surface area contributed by atoms with Crippen molar-refractivity contribution >= 4 is 46.8 Å². The van der Waals surface area contributed by atoms with E-state index in [4.69, 9.17) is 11.6 Å². The van der Waals surface area contributed by atoms with Gasteiger partial charge in [0.15, 0.2) is 0 Å². The number of fused-ring (bicyclic) bond motifs is 1. The Labute approximate surface area is 215 Å². The maximum atomic E-state index is 14.5. The van der Waals surface area contributed by atoms with E-state index in [0.29, 0.717) is 30.0 Å². The number of para-hydroxylation sites is 1. The molecule has 0 radical (unpaired) electrons. The fourth-order valence-corrected chi connectivity index (χ4v) is 8.87. The standard InChI is InChI=1S/C26H33ClN2O5S/c1-5-12-28(21-15(4)8-7-9-16(21)27)24(32)22-26-11-10-18(35-26)19(25(33)34)20(26)23(31)29(22)17(13-30)14(3)6-2/h5,7-9,14,17-20,22,30H,1,6,10-13H2,2-4H3,(H,33,34)/t14-,17-,18-,19+,20-,22?,26?/m0/s1. The normalized spacial score (nSPS) is 30.8. The highest BCUT2D eigenvalue weighted by molar-refractivity contribution is 8.02. The summed E-state index contributed by atoms with van der Waals surface area (Å²) in [5.74, 6) is -3.35. The van der Waals surface area contributed by atoms with E-state index in [1.165, 1.54) is 16.7 Å². The molecule has 2 amide bonds. The van der Waals surface area contributed by atoms with Gasteiger partial charge in [0.05, 0.1) is 39.9 Å². The Hall–Kier alpha value is -2.03. The van der Waals surface area contributed by atoms with Crippen LogP contribution < -0.4 is 4.90 Å². The average Bonchev–Trinajstić information content (AvgIpc) is 3.46. The second-order valence-corrected chi connectivity index (χ2v) is 11.9. The topological polar surface area (TPSA) is 98.2 Å². The van der Waals surface area contributed by atoms with Crippen molar-refractivity contribution in [2.24, 2.45) is 17.8 Å². The summed E-state index contributed by atoms with van der Waals surface area (Å²) < 4.78 is -0.850.